The van der Waals surface area contributed by atoms with Gasteiger partial charge in [0.2, 0.25) is 0 Å². The van der Waals surface area contributed by atoms with Gasteiger partial charge in [-0.05, 0) is 44.9 Å². The molecule has 2 saturated heterocycles. The fourth-order valence-corrected chi connectivity index (χ4v) is 7.69. The lowest BCUT2D eigenvalue weighted by Crippen LogP contribution is -2.68. The van der Waals surface area contributed by atoms with Crippen molar-refractivity contribution in [2.24, 2.45) is 17.8 Å². The highest BCUT2D eigenvalue weighted by Crippen LogP contribution is 2.40. The summed E-state index contributed by atoms with van der Waals surface area (Å²) in [5.74, 6) is -5.33. The van der Waals surface area contributed by atoms with Gasteiger partial charge >= 0.3 is 18.1 Å². The van der Waals surface area contributed by atoms with Crippen LogP contribution >= 0.6 is 0 Å². The maximum Gasteiger partial charge on any atom is 0.471 e. The molecule has 15 atom stereocenters. The van der Waals surface area contributed by atoms with E-state index in [1.54, 1.807) is 12.2 Å². The number of ether oxygens (including phenoxy) is 5. The lowest BCUT2D eigenvalue weighted by Gasteiger charge is -2.49. The predicted octanol–water partition coefficient (Wildman–Crippen LogP) is 0.544. The van der Waals surface area contributed by atoms with Gasteiger partial charge < -0.3 is 59.6 Å². The van der Waals surface area contributed by atoms with Gasteiger partial charge in [0.05, 0.1) is 24.9 Å². The second-order valence-corrected chi connectivity index (χ2v) is 14.3. The van der Waals surface area contributed by atoms with Crippen molar-refractivity contribution in [3.63, 3.8) is 0 Å². The maximum absolute atomic E-state index is 13.7. The topological polar surface area (TPSA) is 231 Å². The van der Waals surface area contributed by atoms with E-state index in [1.165, 1.54) is 13.8 Å². The molecule has 15 nitrogen and oxygen atoms in total. The molecule has 2 saturated carbocycles. The Morgan fingerprint density at radius 1 is 0.902 bits per heavy atom. The third-order valence-corrected chi connectivity index (χ3v) is 10.7. The Morgan fingerprint density at radius 3 is 2.14 bits per heavy atom. The van der Waals surface area contributed by atoms with Crippen molar-refractivity contribution in [2.75, 3.05) is 6.61 Å². The number of rotatable bonds is 13. The van der Waals surface area contributed by atoms with E-state index in [9.17, 15) is 58.2 Å². The molecule has 0 radical (unpaired) electrons. The van der Waals surface area contributed by atoms with Crippen molar-refractivity contribution < 1.29 is 81.9 Å². The number of Topliss-reactive ketones (excluding diaryl/α,β-unsaturated/α-hetero) is 1. The van der Waals surface area contributed by atoms with E-state index in [1.807, 2.05) is 0 Å². The molecule has 2 aliphatic carbocycles. The summed E-state index contributed by atoms with van der Waals surface area (Å²) in [5.41, 5.74) is 0. The molecule has 0 aromatic heterocycles. The average Bonchev–Trinajstić information content (AvgIpc) is 3.08. The van der Waals surface area contributed by atoms with Gasteiger partial charge in [-0.25, -0.2) is 4.79 Å². The molecule has 7 unspecified atom stereocenters. The van der Waals surface area contributed by atoms with Crippen LogP contribution in [0.3, 0.4) is 0 Å². The molecule has 4 rings (SSSR count). The number of ketones is 1. The number of carboxylic acid groups (broad SMARTS) is 1. The first-order chi connectivity index (χ1) is 24.0. The van der Waals surface area contributed by atoms with E-state index in [0.29, 0.717) is 19.3 Å². The summed E-state index contributed by atoms with van der Waals surface area (Å²) in [6.45, 7) is 3.67. The van der Waals surface area contributed by atoms with Crippen molar-refractivity contribution in [3.8, 4) is 0 Å². The summed E-state index contributed by atoms with van der Waals surface area (Å²) < 4.78 is 70.7. The van der Waals surface area contributed by atoms with E-state index < -0.39 is 116 Å². The number of carbonyl (C=O) groups excluding carboxylic acids is 2. The van der Waals surface area contributed by atoms with E-state index in [2.05, 4.69) is 0 Å². The number of hydrogen-bond donors (Lipinski definition) is 7. The van der Waals surface area contributed by atoms with Gasteiger partial charge in [-0.2, -0.15) is 13.2 Å². The van der Waals surface area contributed by atoms with Crippen LogP contribution in [0.4, 0.5) is 13.2 Å². The molecule has 4 aliphatic rings. The van der Waals surface area contributed by atoms with Crippen LogP contribution < -0.4 is 5.32 Å². The first-order valence-electron chi connectivity index (χ1n) is 17.7. The van der Waals surface area contributed by atoms with E-state index in [0.717, 1.165) is 19.3 Å². The molecule has 4 fully saturated rings. The Balaban J connectivity index is 1.70. The lowest BCUT2D eigenvalue weighted by atomic mass is 9.75. The summed E-state index contributed by atoms with van der Waals surface area (Å²) in [6.07, 6.45) is -19.3. The Hall–Kier alpha value is -2.00. The minimum absolute atomic E-state index is 0.0195. The lowest BCUT2D eigenvalue weighted by molar-refractivity contribution is -0.338. The Bertz CT molecular complexity index is 1170. The van der Waals surface area contributed by atoms with E-state index in [4.69, 9.17) is 23.7 Å². The van der Waals surface area contributed by atoms with Gasteiger partial charge in [-0.1, -0.05) is 45.4 Å². The number of carboxylic acids is 1. The first-order valence-corrected chi connectivity index (χ1v) is 17.7. The quantitative estimate of drug-likeness (QED) is 0.137. The summed E-state index contributed by atoms with van der Waals surface area (Å²) in [7, 11) is 0. The SMILES string of the molecule is CCC1CC(C(C)=O)C[C@@H](O[C@@H]2O[C@@H](CO)C(O)C(O[C@@H](CC3CCCCC3)C(=O)O)C2NC(=O)C(F)(F)F)[C@H]1OC1O[C@@H](C)[C@H](O)C(O)[C@@H]1O. The largest absolute Gasteiger partial charge is 0.479 e. The second kappa shape index (κ2) is 17.9. The molecule has 18 heteroatoms. The monoisotopic (exact) mass is 743 g/mol. The van der Waals surface area contributed by atoms with Crippen molar-refractivity contribution >= 4 is 17.7 Å². The fourth-order valence-electron chi connectivity index (χ4n) is 7.69. The van der Waals surface area contributed by atoms with Gasteiger partial charge in [0.15, 0.2) is 18.7 Å². The Kier molecular flexibility index (Phi) is 14.6. The maximum atomic E-state index is 13.7. The number of aliphatic hydroxyl groups is 5. The third kappa shape index (κ3) is 10.2. The van der Waals surface area contributed by atoms with Crippen LogP contribution in [0.1, 0.15) is 78.6 Å². The molecule has 0 spiro atoms. The van der Waals surface area contributed by atoms with Crippen LogP contribution in [0.15, 0.2) is 0 Å². The smallest absolute Gasteiger partial charge is 0.471 e. The number of carbonyl (C=O) groups is 3. The average molecular weight is 744 g/mol. The third-order valence-electron chi connectivity index (χ3n) is 10.7. The minimum atomic E-state index is -5.43. The molecule has 1 amide bonds. The Morgan fingerprint density at radius 2 is 1.57 bits per heavy atom. The number of aliphatic hydroxyl groups excluding tert-OH is 5. The molecule has 0 aromatic carbocycles. The zero-order valence-electron chi connectivity index (χ0n) is 28.9. The number of alkyl halides is 3. The molecule has 0 bridgehead atoms. The van der Waals surface area contributed by atoms with Gasteiger partial charge in [-0.15, -0.1) is 0 Å². The molecule has 7 N–H and O–H groups in total. The van der Waals surface area contributed by atoms with Gasteiger partial charge in [0, 0.05) is 5.92 Å². The number of aliphatic carboxylic acids is 1. The highest BCUT2D eigenvalue weighted by Gasteiger charge is 2.54. The molecule has 2 heterocycles. The van der Waals surface area contributed by atoms with Crippen LogP contribution in [0.25, 0.3) is 0 Å². The molecule has 2 aliphatic heterocycles. The van der Waals surface area contributed by atoms with Crippen LogP contribution in [-0.2, 0) is 38.1 Å². The Labute approximate surface area is 293 Å². The highest BCUT2D eigenvalue weighted by atomic mass is 19.4. The van der Waals surface area contributed by atoms with Crippen LogP contribution in [0, 0.1) is 17.8 Å². The normalized spacial score (nSPS) is 40.4. The summed E-state index contributed by atoms with van der Waals surface area (Å²) in [4.78, 5) is 37.4. The van der Waals surface area contributed by atoms with E-state index >= 15 is 0 Å². The summed E-state index contributed by atoms with van der Waals surface area (Å²) in [5, 5.41) is 64.4. The van der Waals surface area contributed by atoms with Crippen molar-refractivity contribution in [1.29, 1.82) is 0 Å². The van der Waals surface area contributed by atoms with Crippen molar-refractivity contribution in [2.45, 2.75) is 164 Å². The molecular formula is C33H52F3NO14. The second-order valence-electron chi connectivity index (χ2n) is 14.3. The number of amides is 1. The highest BCUT2D eigenvalue weighted by molar-refractivity contribution is 5.82. The summed E-state index contributed by atoms with van der Waals surface area (Å²) in [6, 6.07) is -1.99. The van der Waals surface area contributed by atoms with Crippen LogP contribution in [-0.4, -0.2) is 141 Å². The summed E-state index contributed by atoms with van der Waals surface area (Å²) >= 11 is 0. The minimum Gasteiger partial charge on any atom is -0.479 e. The molecule has 0 aromatic rings. The van der Waals surface area contributed by atoms with Crippen molar-refractivity contribution in [3.05, 3.63) is 0 Å². The first kappa shape index (κ1) is 41.8. The van der Waals surface area contributed by atoms with Gasteiger partial charge in [0.25, 0.3) is 0 Å². The predicted molar refractivity (Wildman–Crippen MR) is 167 cm³/mol. The van der Waals surface area contributed by atoms with Crippen LogP contribution in [0.2, 0.25) is 0 Å². The van der Waals surface area contributed by atoms with Gasteiger partial charge in [-0.3, -0.25) is 9.59 Å². The zero-order chi connectivity index (χ0) is 37.8. The fraction of sp³-hybridized carbons (Fsp3) is 0.909. The van der Waals surface area contributed by atoms with Crippen LogP contribution in [0.5, 0.6) is 0 Å². The van der Waals surface area contributed by atoms with E-state index in [-0.39, 0.29) is 31.0 Å². The molecule has 51 heavy (non-hydrogen) atoms. The zero-order valence-corrected chi connectivity index (χ0v) is 28.9. The number of halogens is 3. The van der Waals surface area contributed by atoms with Crippen molar-refractivity contribution in [1.82, 2.24) is 5.32 Å². The number of hydrogen-bond acceptors (Lipinski definition) is 13. The molecule has 294 valence electrons. The number of nitrogens with one attached hydrogen (secondary N) is 1. The van der Waals surface area contributed by atoms with Gasteiger partial charge in [0.1, 0.15) is 48.4 Å². The molecular weight excluding hydrogens is 691 g/mol. The standard InChI is InChI=1S/C33H52F3NO14/c1-4-17-11-18(14(2)39)12-19(27(17)51-31-26(43)25(42)23(40)15(3)47-31)49-30-22(37-32(46)33(34,35)36)28(24(41)21(13-38)50-30)48-20(29(44)45)10-16-8-6-5-7-9-16/h15-28,30-31,38,40-43H,4-13H2,1-3H3,(H,37,46)(H,44,45)/t15-,17?,18?,19+,20-,21-,22?,23-,24?,25?,26-,27-,28?,30+,31?/m0/s1.